The molecule has 0 aliphatic heterocycles. The highest BCUT2D eigenvalue weighted by atomic mass is 79.9. The van der Waals surface area contributed by atoms with Crippen molar-refractivity contribution in [3.05, 3.63) is 33.0 Å². The third kappa shape index (κ3) is 4.59. The number of anilines is 2. The number of H-pyrrole nitrogens is 1. The lowest BCUT2D eigenvalue weighted by atomic mass is 9.95. The second kappa shape index (κ2) is 8.90. The quantitative estimate of drug-likeness (QED) is 0.426. The minimum atomic E-state index is 0.592. The van der Waals surface area contributed by atoms with Crippen molar-refractivity contribution >= 4 is 54.5 Å². The topological polar surface area (TPSA) is 79.4 Å². The molecule has 0 spiro atoms. The smallest absolute Gasteiger partial charge is 0.207 e. The van der Waals surface area contributed by atoms with Crippen LogP contribution in [0.4, 0.5) is 11.5 Å². The standard InChI is InChI=1S/C18H22Br2N6/c1-3-5-11(4-2)6-9-15-22-17(16-18(23-15)25-26-24-16)21-14-8-7-12(19)10-13(14)20/h7-8,10-11H,3-6,9H2,1-2H3,(H2,21,22,23,24,25,26). The Morgan fingerprint density at radius 1 is 1.12 bits per heavy atom. The lowest BCUT2D eigenvalue weighted by Gasteiger charge is -2.13. The van der Waals surface area contributed by atoms with Gasteiger partial charge in [-0.25, -0.2) is 9.97 Å². The summed E-state index contributed by atoms with van der Waals surface area (Å²) in [5, 5.41) is 14.4. The Labute approximate surface area is 169 Å². The molecule has 2 aromatic heterocycles. The lowest BCUT2D eigenvalue weighted by molar-refractivity contribution is 0.429. The van der Waals surface area contributed by atoms with Crippen molar-refractivity contribution in [3.63, 3.8) is 0 Å². The molecular formula is C18H22Br2N6. The molecule has 6 nitrogen and oxygen atoms in total. The van der Waals surface area contributed by atoms with E-state index in [0.717, 1.165) is 33.3 Å². The van der Waals surface area contributed by atoms with Crippen LogP contribution in [0.1, 0.15) is 45.4 Å². The molecule has 1 atom stereocenters. The lowest BCUT2D eigenvalue weighted by Crippen LogP contribution is -2.06. The number of rotatable bonds is 8. The molecule has 0 radical (unpaired) electrons. The average molecular weight is 482 g/mol. The van der Waals surface area contributed by atoms with Gasteiger partial charge in [0.2, 0.25) is 5.65 Å². The Hall–Kier alpha value is -1.54. The fraction of sp³-hybridized carbons (Fsp3) is 0.444. The summed E-state index contributed by atoms with van der Waals surface area (Å²) in [4.78, 5) is 9.29. The van der Waals surface area contributed by atoms with Gasteiger partial charge >= 0.3 is 0 Å². The van der Waals surface area contributed by atoms with Crippen LogP contribution in [0.2, 0.25) is 0 Å². The minimum absolute atomic E-state index is 0.592. The summed E-state index contributed by atoms with van der Waals surface area (Å²) in [6.45, 7) is 4.48. The maximum Gasteiger partial charge on any atom is 0.207 e. The number of halogens is 2. The van der Waals surface area contributed by atoms with Crippen LogP contribution in [-0.2, 0) is 6.42 Å². The van der Waals surface area contributed by atoms with Gasteiger partial charge in [0.1, 0.15) is 5.82 Å². The van der Waals surface area contributed by atoms with E-state index in [1.807, 2.05) is 18.2 Å². The highest BCUT2D eigenvalue weighted by molar-refractivity contribution is 9.11. The predicted octanol–water partition coefficient (Wildman–Crippen LogP) is 5.78. The Balaban J connectivity index is 1.86. The van der Waals surface area contributed by atoms with E-state index in [1.54, 1.807) is 0 Å². The summed E-state index contributed by atoms with van der Waals surface area (Å²) in [7, 11) is 0. The number of hydrogen-bond donors (Lipinski definition) is 2. The summed E-state index contributed by atoms with van der Waals surface area (Å²) in [6, 6.07) is 5.95. The number of nitrogens with zero attached hydrogens (tertiary/aromatic N) is 4. The van der Waals surface area contributed by atoms with E-state index < -0.39 is 0 Å². The molecule has 1 aromatic carbocycles. The number of fused-ring (bicyclic) bond motifs is 1. The van der Waals surface area contributed by atoms with Crippen LogP contribution in [0.3, 0.4) is 0 Å². The van der Waals surface area contributed by atoms with Crippen LogP contribution in [0.5, 0.6) is 0 Å². The van der Waals surface area contributed by atoms with E-state index in [-0.39, 0.29) is 0 Å². The number of aromatic nitrogens is 5. The molecule has 0 saturated heterocycles. The van der Waals surface area contributed by atoms with Crippen LogP contribution in [-0.4, -0.2) is 25.4 Å². The zero-order valence-electron chi connectivity index (χ0n) is 14.9. The van der Waals surface area contributed by atoms with Crippen LogP contribution in [0.25, 0.3) is 11.2 Å². The molecule has 3 rings (SSSR count). The van der Waals surface area contributed by atoms with Gasteiger partial charge in [-0.05, 0) is 46.5 Å². The Morgan fingerprint density at radius 3 is 2.69 bits per heavy atom. The summed E-state index contributed by atoms with van der Waals surface area (Å²) < 4.78 is 1.95. The highest BCUT2D eigenvalue weighted by Gasteiger charge is 2.14. The fourth-order valence-electron chi connectivity index (χ4n) is 3.00. The van der Waals surface area contributed by atoms with Gasteiger partial charge in [0.15, 0.2) is 11.3 Å². The monoisotopic (exact) mass is 480 g/mol. The molecule has 0 bridgehead atoms. The first-order valence-corrected chi connectivity index (χ1v) is 10.5. The molecule has 0 fully saturated rings. The molecule has 2 heterocycles. The maximum atomic E-state index is 4.72. The normalized spacial score (nSPS) is 12.5. The van der Waals surface area contributed by atoms with Crippen molar-refractivity contribution in [1.29, 1.82) is 0 Å². The van der Waals surface area contributed by atoms with Crippen LogP contribution < -0.4 is 5.32 Å². The number of aromatic amines is 1. The van der Waals surface area contributed by atoms with Crippen molar-refractivity contribution in [2.75, 3.05) is 5.32 Å². The van der Waals surface area contributed by atoms with Crippen LogP contribution in [0, 0.1) is 5.92 Å². The molecule has 8 heteroatoms. The van der Waals surface area contributed by atoms with E-state index in [0.29, 0.717) is 22.9 Å². The SMILES string of the molecule is CCCC(CC)CCc1nc(Nc2ccc(Br)cc2Br)c2n[nH]nc2n1. The molecule has 3 aromatic rings. The molecule has 0 amide bonds. The second-order valence-electron chi connectivity index (χ2n) is 6.34. The van der Waals surface area contributed by atoms with Gasteiger partial charge in [0, 0.05) is 15.4 Å². The third-order valence-corrected chi connectivity index (χ3v) is 5.61. The van der Waals surface area contributed by atoms with Crippen LogP contribution in [0.15, 0.2) is 27.1 Å². The predicted molar refractivity (Wildman–Crippen MR) is 112 cm³/mol. The van der Waals surface area contributed by atoms with E-state index in [2.05, 4.69) is 71.4 Å². The van der Waals surface area contributed by atoms with Gasteiger partial charge in [-0.3, -0.25) is 0 Å². The molecular weight excluding hydrogens is 460 g/mol. The van der Waals surface area contributed by atoms with Gasteiger partial charge in [-0.1, -0.05) is 49.0 Å². The highest BCUT2D eigenvalue weighted by Crippen LogP contribution is 2.30. The van der Waals surface area contributed by atoms with Crippen LogP contribution >= 0.6 is 31.9 Å². The fourth-order valence-corrected chi connectivity index (χ4v) is 4.15. The molecule has 0 saturated carbocycles. The summed E-state index contributed by atoms with van der Waals surface area (Å²) in [6.07, 6.45) is 5.59. The zero-order valence-corrected chi connectivity index (χ0v) is 18.1. The van der Waals surface area contributed by atoms with Gasteiger partial charge in [-0.15, -0.1) is 5.10 Å². The van der Waals surface area contributed by atoms with E-state index in [9.17, 15) is 0 Å². The Morgan fingerprint density at radius 2 is 1.96 bits per heavy atom. The Kier molecular flexibility index (Phi) is 6.58. The number of nitrogens with one attached hydrogen (secondary N) is 2. The van der Waals surface area contributed by atoms with Crippen molar-refractivity contribution in [1.82, 2.24) is 25.4 Å². The maximum absolute atomic E-state index is 4.72. The van der Waals surface area contributed by atoms with Crippen molar-refractivity contribution in [2.24, 2.45) is 5.92 Å². The minimum Gasteiger partial charge on any atom is -0.337 e. The van der Waals surface area contributed by atoms with E-state index in [4.69, 9.17) is 4.98 Å². The molecule has 0 aliphatic rings. The van der Waals surface area contributed by atoms with E-state index in [1.165, 1.54) is 19.3 Å². The molecule has 0 aliphatic carbocycles. The first kappa shape index (κ1) is 19.2. The molecule has 1 unspecified atom stereocenters. The number of benzene rings is 1. The first-order valence-electron chi connectivity index (χ1n) is 8.90. The number of aryl methyl sites for hydroxylation is 1. The molecule has 2 N–H and O–H groups in total. The van der Waals surface area contributed by atoms with Gasteiger partial charge in [-0.2, -0.15) is 10.3 Å². The number of hydrogen-bond acceptors (Lipinski definition) is 5. The summed E-state index contributed by atoms with van der Waals surface area (Å²) >= 11 is 7.04. The molecule has 26 heavy (non-hydrogen) atoms. The van der Waals surface area contributed by atoms with Gasteiger partial charge in [0.25, 0.3) is 0 Å². The van der Waals surface area contributed by atoms with Crippen molar-refractivity contribution in [3.8, 4) is 0 Å². The zero-order chi connectivity index (χ0) is 18.5. The van der Waals surface area contributed by atoms with Gasteiger partial charge < -0.3 is 5.32 Å². The summed E-state index contributed by atoms with van der Waals surface area (Å²) in [5.41, 5.74) is 2.15. The second-order valence-corrected chi connectivity index (χ2v) is 8.11. The first-order chi connectivity index (χ1) is 12.6. The van der Waals surface area contributed by atoms with Crippen molar-refractivity contribution in [2.45, 2.75) is 46.0 Å². The van der Waals surface area contributed by atoms with E-state index >= 15 is 0 Å². The van der Waals surface area contributed by atoms with Gasteiger partial charge in [0.05, 0.1) is 5.69 Å². The summed E-state index contributed by atoms with van der Waals surface area (Å²) in [5.74, 6) is 2.19. The Bertz CT molecular complexity index is 879. The largest absolute Gasteiger partial charge is 0.337 e. The third-order valence-electron chi connectivity index (χ3n) is 4.46. The van der Waals surface area contributed by atoms with Crippen molar-refractivity contribution < 1.29 is 0 Å². The average Bonchev–Trinajstić information content (AvgIpc) is 3.09. The molecule has 138 valence electrons.